The molecule has 4 nitrogen and oxygen atoms in total. The van der Waals surface area contributed by atoms with E-state index in [0.717, 1.165) is 36.0 Å². The van der Waals surface area contributed by atoms with Crippen molar-refractivity contribution in [3.05, 3.63) is 47.4 Å². The van der Waals surface area contributed by atoms with Crippen molar-refractivity contribution >= 4 is 23.7 Å². The summed E-state index contributed by atoms with van der Waals surface area (Å²) in [5, 5.41) is 0. The maximum absolute atomic E-state index is 4.70. The standard InChI is InChI=1S/C19H24N4/c1-15-14-19(23-12-4-5-13-23)21-18(20-15)11-8-16-6-9-17(10-7-16)22(2)3/h6-11,14H,4-5,12-13H2,1-3H3/b11-8+. The number of hydrogen-bond donors (Lipinski definition) is 0. The van der Waals surface area contributed by atoms with E-state index in [-0.39, 0.29) is 0 Å². The van der Waals surface area contributed by atoms with Gasteiger partial charge in [-0.15, -0.1) is 0 Å². The first-order chi connectivity index (χ1) is 11.1. The second kappa shape index (κ2) is 6.82. The lowest BCUT2D eigenvalue weighted by molar-refractivity contribution is 0.915. The Labute approximate surface area is 138 Å². The normalized spacial score (nSPS) is 14.7. The molecule has 0 aliphatic carbocycles. The second-order valence-electron chi connectivity index (χ2n) is 6.24. The summed E-state index contributed by atoms with van der Waals surface area (Å²) in [6.45, 7) is 4.24. The Balaban J connectivity index is 1.78. The maximum Gasteiger partial charge on any atom is 0.154 e. The van der Waals surface area contributed by atoms with Gasteiger partial charge in [0.15, 0.2) is 5.82 Å². The van der Waals surface area contributed by atoms with E-state index in [4.69, 9.17) is 4.98 Å². The van der Waals surface area contributed by atoms with Gasteiger partial charge in [0.1, 0.15) is 5.82 Å². The number of hydrogen-bond acceptors (Lipinski definition) is 4. The Bertz CT molecular complexity index is 683. The summed E-state index contributed by atoms with van der Waals surface area (Å²) >= 11 is 0. The van der Waals surface area contributed by atoms with Crippen LogP contribution in [-0.2, 0) is 0 Å². The number of nitrogens with zero attached hydrogens (tertiary/aromatic N) is 4. The van der Waals surface area contributed by atoms with E-state index in [1.54, 1.807) is 0 Å². The van der Waals surface area contributed by atoms with Gasteiger partial charge in [0.25, 0.3) is 0 Å². The van der Waals surface area contributed by atoms with Crippen molar-refractivity contribution in [2.45, 2.75) is 19.8 Å². The molecule has 1 aromatic heterocycles. The molecule has 1 saturated heterocycles. The van der Waals surface area contributed by atoms with Gasteiger partial charge in [-0.1, -0.05) is 18.2 Å². The minimum absolute atomic E-state index is 0.781. The zero-order chi connectivity index (χ0) is 16.2. The van der Waals surface area contributed by atoms with Crippen LogP contribution in [0.1, 0.15) is 29.9 Å². The molecule has 1 aromatic carbocycles. The Morgan fingerprint density at radius 1 is 1.00 bits per heavy atom. The fourth-order valence-corrected chi connectivity index (χ4v) is 2.81. The molecule has 23 heavy (non-hydrogen) atoms. The van der Waals surface area contributed by atoms with Crippen LogP contribution in [-0.4, -0.2) is 37.2 Å². The zero-order valence-corrected chi connectivity index (χ0v) is 14.2. The van der Waals surface area contributed by atoms with Crippen LogP contribution in [0.15, 0.2) is 30.3 Å². The first-order valence-corrected chi connectivity index (χ1v) is 8.18. The first kappa shape index (κ1) is 15.5. The van der Waals surface area contributed by atoms with E-state index in [9.17, 15) is 0 Å². The second-order valence-corrected chi connectivity index (χ2v) is 6.24. The van der Waals surface area contributed by atoms with Crippen molar-refractivity contribution in [2.75, 3.05) is 37.0 Å². The van der Waals surface area contributed by atoms with E-state index in [0.29, 0.717) is 0 Å². The van der Waals surface area contributed by atoms with Crippen molar-refractivity contribution in [3.8, 4) is 0 Å². The SMILES string of the molecule is Cc1cc(N2CCCC2)nc(/C=C/c2ccc(N(C)C)cc2)n1. The average molecular weight is 308 g/mol. The molecule has 2 aromatic rings. The van der Waals surface area contributed by atoms with Crippen LogP contribution in [0.3, 0.4) is 0 Å². The van der Waals surface area contributed by atoms with Crippen molar-refractivity contribution < 1.29 is 0 Å². The van der Waals surface area contributed by atoms with Crippen LogP contribution >= 0.6 is 0 Å². The number of rotatable bonds is 4. The number of aromatic nitrogens is 2. The van der Waals surface area contributed by atoms with E-state index in [1.165, 1.54) is 18.5 Å². The van der Waals surface area contributed by atoms with Gasteiger partial charge in [-0.05, 0) is 43.5 Å². The highest BCUT2D eigenvalue weighted by molar-refractivity contribution is 5.68. The van der Waals surface area contributed by atoms with Gasteiger partial charge in [0, 0.05) is 44.6 Å². The van der Waals surface area contributed by atoms with E-state index < -0.39 is 0 Å². The summed E-state index contributed by atoms with van der Waals surface area (Å²) in [4.78, 5) is 13.7. The van der Waals surface area contributed by atoms with Crippen LogP contribution in [0.5, 0.6) is 0 Å². The number of anilines is 2. The summed E-state index contributed by atoms with van der Waals surface area (Å²) in [5.74, 6) is 1.83. The van der Waals surface area contributed by atoms with Crippen molar-refractivity contribution in [3.63, 3.8) is 0 Å². The Hall–Kier alpha value is -2.36. The summed E-state index contributed by atoms with van der Waals surface area (Å²) in [5.41, 5.74) is 3.37. The van der Waals surface area contributed by atoms with Crippen LogP contribution in [0.2, 0.25) is 0 Å². The fraction of sp³-hybridized carbons (Fsp3) is 0.368. The molecule has 0 bridgehead atoms. The molecule has 0 atom stereocenters. The highest BCUT2D eigenvalue weighted by Gasteiger charge is 2.14. The van der Waals surface area contributed by atoms with E-state index in [2.05, 4.69) is 51.2 Å². The number of benzene rings is 1. The molecule has 0 saturated carbocycles. The summed E-state index contributed by atoms with van der Waals surface area (Å²) in [6, 6.07) is 10.5. The molecule has 0 amide bonds. The van der Waals surface area contributed by atoms with Crippen LogP contribution in [0.4, 0.5) is 11.5 Å². The number of aryl methyl sites for hydroxylation is 1. The van der Waals surface area contributed by atoms with Crippen LogP contribution in [0, 0.1) is 6.92 Å². The smallest absolute Gasteiger partial charge is 0.154 e. The molecule has 0 spiro atoms. The fourth-order valence-electron chi connectivity index (χ4n) is 2.81. The highest BCUT2D eigenvalue weighted by atomic mass is 15.2. The van der Waals surface area contributed by atoms with Crippen LogP contribution in [0.25, 0.3) is 12.2 Å². The minimum Gasteiger partial charge on any atom is -0.378 e. The molecule has 4 heteroatoms. The van der Waals surface area contributed by atoms with Gasteiger partial charge >= 0.3 is 0 Å². The van der Waals surface area contributed by atoms with Gasteiger partial charge in [0.05, 0.1) is 0 Å². The lowest BCUT2D eigenvalue weighted by Gasteiger charge is -2.16. The Morgan fingerprint density at radius 3 is 2.35 bits per heavy atom. The molecule has 2 heterocycles. The van der Waals surface area contributed by atoms with E-state index >= 15 is 0 Å². The predicted octanol–water partition coefficient (Wildman–Crippen LogP) is 3.62. The summed E-state index contributed by atoms with van der Waals surface area (Å²) in [7, 11) is 4.09. The Kier molecular flexibility index (Phi) is 4.60. The topological polar surface area (TPSA) is 32.3 Å². The zero-order valence-electron chi connectivity index (χ0n) is 14.2. The van der Waals surface area contributed by atoms with Crippen molar-refractivity contribution in [1.29, 1.82) is 0 Å². The van der Waals surface area contributed by atoms with Crippen molar-refractivity contribution in [2.24, 2.45) is 0 Å². The third kappa shape index (κ3) is 3.89. The van der Waals surface area contributed by atoms with E-state index in [1.807, 2.05) is 27.1 Å². The summed E-state index contributed by atoms with van der Waals surface area (Å²) < 4.78 is 0. The molecule has 1 aliphatic rings. The largest absolute Gasteiger partial charge is 0.378 e. The lowest BCUT2D eigenvalue weighted by Crippen LogP contribution is -2.19. The molecule has 0 unspecified atom stereocenters. The molecule has 120 valence electrons. The molecule has 0 radical (unpaired) electrons. The first-order valence-electron chi connectivity index (χ1n) is 8.18. The van der Waals surface area contributed by atoms with Gasteiger partial charge in [-0.2, -0.15) is 0 Å². The van der Waals surface area contributed by atoms with Gasteiger partial charge < -0.3 is 9.80 Å². The predicted molar refractivity (Wildman–Crippen MR) is 97.9 cm³/mol. The third-order valence-corrected chi connectivity index (χ3v) is 4.12. The third-order valence-electron chi connectivity index (χ3n) is 4.12. The molecule has 1 aliphatic heterocycles. The lowest BCUT2D eigenvalue weighted by atomic mass is 10.2. The van der Waals surface area contributed by atoms with Gasteiger partial charge in [-0.25, -0.2) is 9.97 Å². The molecular formula is C19H24N4. The molecular weight excluding hydrogens is 284 g/mol. The molecule has 3 rings (SSSR count). The monoisotopic (exact) mass is 308 g/mol. The quantitative estimate of drug-likeness (QED) is 0.863. The van der Waals surface area contributed by atoms with Gasteiger partial charge in [-0.3, -0.25) is 0 Å². The minimum atomic E-state index is 0.781. The van der Waals surface area contributed by atoms with Crippen molar-refractivity contribution in [1.82, 2.24) is 9.97 Å². The Morgan fingerprint density at radius 2 is 1.70 bits per heavy atom. The maximum atomic E-state index is 4.70. The van der Waals surface area contributed by atoms with Gasteiger partial charge in [0.2, 0.25) is 0 Å². The highest BCUT2D eigenvalue weighted by Crippen LogP contribution is 2.19. The molecule has 0 N–H and O–H groups in total. The average Bonchev–Trinajstić information content (AvgIpc) is 3.07. The summed E-state index contributed by atoms with van der Waals surface area (Å²) in [6.07, 6.45) is 6.58. The van der Waals surface area contributed by atoms with Crippen LogP contribution < -0.4 is 9.80 Å². The molecule has 1 fully saturated rings.